The van der Waals surface area contributed by atoms with Crippen molar-refractivity contribution in [1.82, 2.24) is 10.2 Å². The fraction of sp³-hybridized carbons (Fsp3) is 1.00. The molecule has 0 aromatic carbocycles. The summed E-state index contributed by atoms with van der Waals surface area (Å²) in [7, 11) is 0. The lowest BCUT2D eigenvalue weighted by molar-refractivity contribution is 0.195. The molecule has 0 radical (unpaired) electrons. The van der Waals surface area contributed by atoms with E-state index in [2.05, 4.69) is 24.1 Å². The smallest absolute Gasteiger partial charge is 0.00940 e. The summed E-state index contributed by atoms with van der Waals surface area (Å²) in [6.45, 7) is 8.46. The summed E-state index contributed by atoms with van der Waals surface area (Å²) in [4.78, 5) is 2.59. The lowest BCUT2D eigenvalue weighted by Gasteiger charge is -2.34. The van der Waals surface area contributed by atoms with Gasteiger partial charge < -0.3 is 10.2 Å². The van der Waals surface area contributed by atoms with Crippen LogP contribution in [0.1, 0.15) is 71.6 Å². The molecule has 1 heterocycles. The molecule has 1 aliphatic heterocycles. The molecule has 0 spiro atoms. The highest BCUT2D eigenvalue weighted by Crippen LogP contribution is 2.27. The van der Waals surface area contributed by atoms with Crippen LogP contribution in [0.3, 0.4) is 0 Å². The SMILES string of the molecule is CCCC1CCCC(NC2CCN(CC)CC2)CC1. The van der Waals surface area contributed by atoms with Gasteiger partial charge in [-0.15, -0.1) is 0 Å². The molecule has 1 aliphatic carbocycles. The van der Waals surface area contributed by atoms with Crippen LogP contribution < -0.4 is 5.32 Å². The van der Waals surface area contributed by atoms with Gasteiger partial charge in [-0.1, -0.05) is 39.5 Å². The van der Waals surface area contributed by atoms with E-state index < -0.39 is 0 Å². The van der Waals surface area contributed by atoms with Crippen LogP contribution >= 0.6 is 0 Å². The van der Waals surface area contributed by atoms with Gasteiger partial charge in [-0.3, -0.25) is 0 Å². The summed E-state index contributed by atoms with van der Waals surface area (Å²) >= 11 is 0. The average molecular weight is 266 g/mol. The van der Waals surface area contributed by atoms with E-state index >= 15 is 0 Å². The largest absolute Gasteiger partial charge is 0.311 e. The highest BCUT2D eigenvalue weighted by atomic mass is 15.1. The summed E-state index contributed by atoms with van der Waals surface area (Å²) in [5.41, 5.74) is 0. The van der Waals surface area contributed by atoms with Gasteiger partial charge in [-0.05, 0) is 57.7 Å². The maximum atomic E-state index is 3.98. The molecule has 1 N–H and O–H groups in total. The Labute approximate surface area is 120 Å². The molecule has 1 saturated heterocycles. The number of nitrogens with one attached hydrogen (secondary N) is 1. The molecule has 1 saturated carbocycles. The first-order valence-electron chi connectivity index (χ1n) is 8.80. The topological polar surface area (TPSA) is 15.3 Å². The van der Waals surface area contributed by atoms with Crippen molar-refractivity contribution in [1.29, 1.82) is 0 Å². The molecule has 112 valence electrons. The van der Waals surface area contributed by atoms with Gasteiger partial charge in [0.05, 0.1) is 0 Å². The molecule has 2 aliphatic rings. The van der Waals surface area contributed by atoms with Crippen molar-refractivity contribution in [2.45, 2.75) is 83.7 Å². The molecule has 2 rings (SSSR count). The quantitative estimate of drug-likeness (QED) is 0.761. The van der Waals surface area contributed by atoms with Crippen molar-refractivity contribution >= 4 is 0 Å². The van der Waals surface area contributed by atoms with Gasteiger partial charge in [0.15, 0.2) is 0 Å². The van der Waals surface area contributed by atoms with Crippen LogP contribution in [0, 0.1) is 5.92 Å². The Morgan fingerprint density at radius 2 is 1.63 bits per heavy atom. The first-order valence-corrected chi connectivity index (χ1v) is 8.80. The van der Waals surface area contributed by atoms with E-state index in [-0.39, 0.29) is 0 Å². The lowest BCUT2D eigenvalue weighted by atomic mass is 9.95. The Bertz CT molecular complexity index is 233. The zero-order valence-electron chi connectivity index (χ0n) is 13.2. The van der Waals surface area contributed by atoms with Crippen LogP contribution in [-0.2, 0) is 0 Å². The van der Waals surface area contributed by atoms with Crippen LogP contribution in [-0.4, -0.2) is 36.6 Å². The van der Waals surface area contributed by atoms with E-state index in [1.165, 1.54) is 77.4 Å². The van der Waals surface area contributed by atoms with E-state index in [0.29, 0.717) is 0 Å². The van der Waals surface area contributed by atoms with Crippen LogP contribution in [0.4, 0.5) is 0 Å². The summed E-state index contributed by atoms with van der Waals surface area (Å²) in [5, 5.41) is 3.98. The molecule has 19 heavy (non-hydrogen) atoms. The monoisotopic (exact) mass is 266 g/mol. The second kappa shape index (κ2) is 8.26. The van der Waals surface area contributed by atoms with Crippen molar-refractivity contribution in [3.8, 4) is 0 Å². The maximum absolute atomic E-state index is 3.98. The second-order valence-electron chi connectivity index (χ2n) is 6.74. The van der Waals surface area contributed by atoms with Gasteiger partial charge in [0, 0.05) is 12.1 Å². The molecule has 2 atom stereocenters. The molecule has 0 aromatic heterocycles. The molecule has 2 fully saturated rings. The Balaban J connectivity index is 1.68. The van der Waals surface area contributed by atoms with Gasteiger partial charge in [0.2, 0.25) is 0 Å². The third-order valence-electron chi connectivity index (χ3n) is 5.29. The fourth-order valence-corrected chi connectivity index (χ4v) is 3.99. The maximum Gasteiger partial charge on any atom is 0.00940 e. The standard InChI is InChI=1S/C17H34N2/c1-3-6-15-7-5-8-16(10-9-15)18-17-11-13-19(4-2)14-12-17/h15-18H,3-14H2,1-2H3. The summed E-state index contributed by atoms with van der Waals surface area (Å²) in [6, 6.07) is 1.62. The third-order valence-corrected chi connectivity index (χ3v) is 5.29. The molecule has 0 bridgehead atoms. The Hall–Kier alpha value is -0.0800. The van der Waals surface area contributed by atoms with Gasteiger partial charge >= 0.3 is 0 Å². The summed E-state index contributed by atoms with van der Waals surface area (Å²) in [5.74, 6) is 1.03. The minimum atomic E-state index is 0.801. The average Bonchev–Trinajstić information content (AvgIpc) is 2.66. The van der Waals surface area contributed by atoms with Gasteiger partial charge in [0.25, 0.3) is 0 Å². The normalized spacial score (nSPS) is 31.3. The number of rotatable bonds is 5. The minimum absolute atomic E-state index is 0.801. The van der Waals surface area contributed by atoms with Gasteiger partial charge in [-0.25, -0.2) is 0 Å². The highest BCUT2D eigenvalue weighted by Gasteiger charge is 2.23. The van der Waals surface area contributed by atoms with Crippen LogP contribution in [0.25, 0.3) is 0 Å². The van der Waals surface area contributed by atoms with Crippen LogP contribution in [0.5, 0.6) is 0 Å². The van der Waals surface area contributed by atoms with Crippen molar-refractivity contribution in [2.24, 2.45) is 5.92 Å². The van der Waals surface area contributed by atoms with Crippen molar-refractivity contribution < 1.29 is 0 Å². The Morgan fingerprint density at radius 1 is 0.895 bits per heavy atom. The summed E-state index contributed by atoms with van der Waals surface area (Å²) < 4.78 is 0. The predicted molar refractivity (Wildman–Crippen MR) is 83.5 cm³/mol. The molecule has 0 aromatic rings. The molecular formula is C17H34N2. The fourth-order valence-electron chi connectivity index (χ4n) is 3.99. The van der Waals surface area contributed by atoms with E-state index in [1.807, 2.05) is 0 Å². The number of likely N-dealkylation sites (tertiary alicyclic amines) is 1. The number of piperidine rings is 1. The molecular weight excluding hydrogens is 232 g/mol. The van der Waals surface area contributed by atoms with Crippen LogP contribution in [0.2, 0.25) is 0 Å². The molecule has 2 nitrogen and oxygen atoms in total. The first kappa shape index (κ1) is 15.3. The van der Waals surface area contributed by atoms with E-state index in [1.54, 1.807) is 0 Å². The third kappa shape index (κ3) is 5.07. The van der Waals surface area contributed by atoms with E-state index in [0.717, 1.165) is 18.0 Å². The molecule has 0 amide bonds. The zero-order valence-corrected chi connectivity index (χ0v) is 13.2. The Morgan fingerprint density at radius 3 is 2.32 bits per heavy atom. The number of hydrogen-bond acceptors (Lipinski definition) is 2. The lowest BCUT2D eigenvalue weighted by Crippen LogP contribution is -2.46. The van der Waals surface area contributed by atoms with Crippen molar-refractivity contribution in [3.63, 3.8) is 0 Å². The van der Waals surface area contributed by atoms with Crippen molar-refractivity contribution in [2.75, 3.05) is 19.6 Å². The summed E-state index contributed by atoms with van der Waals surface area (Å²) in [6.07, 6.45) is 12.8. The molecule has 2 heteroatoms. The predicted octanol–water partition coefficient (Wildman–Crippen LogP) is 3.81. The van der Waals surface area contributed by atoms with Crippen LogP contribution in [0.15, 0.2) is 0 Å². The highest BCUT2D eigenvalue weighted by molar-refractivity contribution is 4.82. The number of hydrogen-bond donors (Lipinski definition) is 1. The second-order valence-corrected chi connectivity index (χ2v) is 6.74. The number of nitrogens with zero attached hydrogens (tertiary/aromatic N) is 1. The van der Waals surface area contributed by atoms with E-state index in [9.17, 15) is 0 Å². The zero-order chi connectivity index (χ0) is 13.5. The van der Waals surface area contributed by atoms with E-state index in [4.69, 9.17) is 0 Å². The van der Waals surface area contributed by atoms with Gasteiger partial charge in [0.1, 0.15) is 0 Å². The van der Waals surface area contributed by atoms with Crippen molar-refractivity contribution in [3.05, 3.63) is 0 Å². The molecule has 2 unspecified atom stereocenters. The Kier molecular flexibility index (Phi) is 6.66. The van der Waals surface area contributed by atoms with Gasteiger partial charge in [-0.2, -0.15) is 0 Å². The first-order chi connectivity index (χ1) is 9.31. The minimum Gasteiger partial charge on any atom is -0.311 e.